The van der Waals surface area contributed by atoms with E-state index in [0.717, 1.165) is 32.1 Å². The van der Waals surface area contributed by atoms with Gasteiger partial charge in [-0.15, -0.1) is 0 Å². The molecule has 18 heavy (non-hydrogen) atoms. The van der Waals surface area contributed by atoms with Gasteiger partial charge in [0.1, 0.15) is 11.6 Å². The van der Waals surface area contributed by atoms with Crippen LogP contribution in [0.1, 0.15) is 66.7 Å². The Hall–Kier alpha value is -0.660. The third-order valence-electron chi connectivity index (χ3n) is 4.63. The molecule has 104 valence electrons. The maximum absolute atomic E-state index is 11.8. The van der Waals surface area contributed by atoms with Crippen LogP contribution in [0, 0.1) is 23.2 Å². The van der Waals surface area contributed by atoms with Gasteiger partial charge in [-0.2, -0.15) is 0 Å². The Morgan fingerprint density at radius 2 is 1.67 bits per heavy atom. The van der Waals surface area contributed by atoms with E-state index in [4.69, 9.17) is 0 Å². The Morgan fingerprint density at radius 3 is 2.11 bits per heavy atom. The summed E-state index contributed by atoms with van der Waals surface area (Å²) in [5, 5.41) is 0. The number of rotatable bonds is 3. The predicted octanol–water partition coefficient (Wildman–Crippen LogP) is 4.02. The van der Waals surface area contributed by atoms with E-state index < -0.39 is 0 Å². The third-order valence-corrected chi connectivity index (χ3v) is 4.63. The minimum atomic E-state index is 0.152. The summed E-state index contributed by atoms with van der Waals surface area (Å²) < 4.78 is 0. The normalized spacial score (nSPS) is 32.4. The van der Waals surface area contributed by atoms with Gasteiger partial charge < -0.3 is 0 Å². The molecule has 0 spiro atoms. The molecule has 1 aliphatic carbocycles. The molecule has 2 heteroatoms. The lowest BCUT2D eigenvalue weighted by Gasteiger charge is -2.38. The van der Waals surface area contributed by atoms with Crippen LogP contribution in [0.25, 0.3) is 0 Å². The quantitative estimate of drug-likeness (QED) is 0.760. The van der Waals surface area contributed by atoms with Gasteiger partial charge in [0, 0.05) is 11.8 Å². The Bertz CT molecular complexity index is 317. The zero-order chi connectivity index (χ0) is 13.9. The molecule has 0 aromatic carbocycles. The van der Waals surface area contributed by atoms with E-state index in [1.165, 1.54) is 0 Å². The van der Waals surface area contributed by atoms with Gasteiger partial charge >= 0.3 is 0 Å². The maximum atomic E-state index is 11.8. The monoisotopic (exact) mass is 252 g/mol. The van der Waals surface area contributed by atoms with Gasteiger partial charge in [0.2, 0.25) is 0 Å². The molecule has 0 N–H and O–H groups in total. The van der Waals surface area contributed by atoms with Crippen LogP contribution in [0.5, 0.6) is 0 Å². The summed E-state index contributed by atoms with van der Waals surface area (Å²) in [4.78, 5) is 23.5. The van der Waals surface area contributed by atoms with Crippen LogP contribution < -0.4 is 0 Å². The molecule has 2 nitrogen and oxygen atoms in total. The predicted molar refractivity (Wildman–Crippen MR) is 74.4 cm³/mol. The van der Waals surface area contributed by atoms with Crippen molar-refractivity contribution in [3.05, 3.63) is 0 Å². The summed E-state index contributed by atoms with van der Waals surface area (Å²) in [7, 11) is 0. The van der Waals surface area contributed by atoms with Crippen molar-refractivity contribution in [3.8, 4) is 0 Å². The van der Waals surface area contributed by atoms with Crippen LogP contribution >= 0.6 is 0 Å². The number of hydrogen-bond donors (Lipinski definition) is 0. The molecule has 0 aromatic rings. The third kappa shape index (κ3) is 3.93. The first-order valence-electron chi connectivity index (χ1n) is 7.27. The van der Waals surface area contributed by atoms with Crippen LogP contribution in [0.15, 0.2) is 0 Å². The fourth-order valence-corrected chi connectivity index (χ4v) is 3.63. The van der Waals surface area contributed by atoms with Gasteiger partial charge in [0.25, 0.3) is 0 Å². The fourth-order valence-electron chi connectivity index (χ4n) is 3.63. The number of hydrogen-bond acceptors (Lipinski definition) is 2. The van der Waals surface area contributed by atoms with Crippen LogP contribution in [-0.4, -0.2) is 11.6 Å². The second kappa shape index (κ2) is 5.99. The molecule has 0 radical (unpaired) electrons. The summed E-state index contributed by atoms with van der Waals surface area (Å²) in [6, 6.07) is 0. The molecule has 0 saturated heterocycles. The van der Waals surface area contributed by atoms with Crippen molar-refractivity contribution in [2.75, 3.05) is 0 Å². The second-order valence-electron chi connectivity index (χ2n) is 6.84. The van der Waals surface area contributed by atoms with Crippen LogP contribution in [-0.2, 0) is 9.59 Å². The van der Waals surface area contributed by atoms with E-state index in [2.05, 4.69) is 20.8 Å². The molecule has 3 unspecified atom stereocenters. The topological polar surface area (TPSA) is 34.1 Å². The molecule has 0 bridgehead atoms. The molecule has 0 aromatic heterocycles. The molecule has 1 rings (SSSR count). The van der Waals surface area contributed by atoms with Crippen molar-refractivity contribution in [2.45, 2.75) is 66.7 Å². The number of carbonyl (C=O) groups excluding carboxylic acids is 2. The molecule has 1 saturated carbocycles. The minimum absolute atomic E-state index is 0.152. The van der Waals surface area contributed by atoms with E-state index in [9.17, 15) is 9.59 Å². The first kappa shape index (κ1) is 15.4. The SMILES string of the molecule is CCC1CC(C)(C)CC(C(C)=O)CCC1C(C)=O. The van der Waals surface area contributed by atoms with Gasteiger partial charge in [-0.25, -0.2) is 0 Å². The van der Waals surface area contributed by atoms with Crippen molar-refractivity contribution in [1.29, 1.82) is 0 Å². The standard InChI is InChI=1S/C16H28O2/c1-6-13-9-16(4,5)10-14(11(2)17)7-8-15(13)12(3)18/h13-15H,6-10H2,1-5H3. The maximum Gasteiger partial charge on any atom is 0.133 e. The highest BCUT2D eigenvalue weighted by atomic mass is 16.1. The molecular weight excluding hydrogens is 224 g/mol. The molecule has 0 aliphatic heterocycles. The summed E-state index contributed by atoms with van der Waals surface area (Å²) in [5.74, 6) is 1.41. The average molecular weight is 252 g/mol. The molecule has 0 amide bonds. The highest BCUT2D eigenvalue weighted by Crippen LogP contribution is 2.42. The first-order valence-corrected chi connectivity index (χ1v) is 7.27. The van der Waals surface area contributed by atoms with Gasteiger partial charge in [-0.05, 0) is 50.9 Å². The van der Waals surface area contributed by atoms with Gasteiger partial charge in [0.15, 0.2) is 0 Å². The average Bonchev–Trinajstić information content (AvgIpc) is 2.22. The van der Waals surface area contributed by atoms with Crippen molar-refractivity contribution in [3.63, 3.8) is 0 Å². The molecule has 3 atom stereocenters. The Morgan fingerprint density at radius 1 is 1.06 bits per heavy atom. The highest BCUT2D eigenvalue weighted by molar-refractivity contribution is 5.80. The van der Waals surface area contributed by atoms with E-state index in [1.54, 1.807) is 13.8 Å². The van der Waals surface area contributed by atoms with E-state index in [-0.39, 0.29) is 17.3 Å². The number of Topliss-reactive ketones (excluding diaryl/α,β-unsaturated/α-hetero) is 2. The summed E-state index contributed by atoms with van der Waals surface area (Å²) in [5.41, 5.74) is 0.172. The zero-order valence-electron chi connectivity index (χ0n) is 12.6. The van der Waals surface area contributed by atoms with E-state index in [1.807, 2.05) is 0 Å². The van der Waals surface area contributed by atoms with Crippen molar-refractivity contribution in [1.82, 2.24) is 0 Å². The smallest absolute Gasteiger partial charge is 0.133 e. The number of ketones is 2. The van der Waals surface area contributed by atoms with Crippen molar-refractivity contribution >= 4 is 11.6 Å². The van der Waals surface area contributed by atoms with Crippen LogP contribution in [0.4, 0.5) is 0 Å². The van der Waals surface area contributed by atoms with Gasteiger partial charge in [0.05, 0.1) is 0 Å². The Balaban J connectivity index is 2.92. The number of carbonyl (C=O) groups is 2. The Kier molecular flexibility index (Phi) is 5.12. The lowest BCUT2D eigenvalue weighted by molar-refractivity contribution is -0.127. The van der Waals surface area contributed by atoms with Gasteiger partial charge in [-0.1, -0.05) is 27.2 Å². The van der Waals surface area contributed by atoms with Crippen molar-refractivity contribution < 1.29 is 9.59 Å². The van der Waals surface area contributed by atoms with Crippen LogP contribution in [0.2, 0.25) is 0 Å². The summed E-state index contributed by atoms with van der Waals surface area (Å²) >= 11 is 0. The zero-order valence-corrected chi connectivity index (χ0v) is 12.6. The molecule has 1 fully saturated rings. The highest BCUT2D eigenvalue weighted by Gasteiger charge is 2.36. The Labute approximate surface area is 112 Å². The lowest BCUT2D eigenvalue weighted by atomic mass is 9.66. The summed E-state index contributed by atoms with van der Waals surface area (Å²) in [6.45, 7) is 10.1. The van der Waals surface area contributed by atoms with Gasteiger partial charge in [-0.3, -0.25) is 9.59 Å². The van der Waals surface area contributed by atoms with Crippen LogP contribution in [0.3, 0.4) is 0 Å². The van der Waals surface area contributed by atoms with E-state index >= 15 is 0 Å². The first-order chi connectivity index (χ1) is 8.26. The fraction of sp³-hybridized carbons (Fsp3) is 0.875. The molecular formula is C16H28O2. The second-order valence-corrected chi connectivity index (χ2v) is 6.84. The molecule has 0 heterocycles. The minimum Gasteiger partial charge on any atom is -0.300 e. The van der Waals surface area contributed by atoms with E-state index in [0.29, 0.717) is 17.5 Å². The largest absolute Gasteiger partial charge is 0.300 e. The lowest BCUT2D eigenvalue weighted by Crippen LogP contribution is -2.33. The summed E-state index contributed by atoms with van der Waals surface area (Å²) in [6.07, 6.45) is 4.90. The molecule has 1 aliphatic rings. The van der Waals surface area contributed by atoms with Crippen molar-refractivity contribution in [2.24, 2.45) is 23.2 Å².